The molecule has 0 radical (unpaired) electrons. The van der Waals surface area contributed by atoms with Crippen LogP contribution in [0.1, 0.15) is 6.92 Å². The lowest BCUT2D eigenvalue weighted by Crippen LogP contribution is -2.17. The van der Waals surface area contributed by atoms with E-state index in [1.54, 1.807) is 0 Å². The number of ether oxygens (including phenoxy) is 1. The van der Waals surface area contributed by atoms with Crippen molar-refractivity contribution in [3.8, 4) is 0 Å². The van der Waals surface area contributed by atoms with Crippen LogP contribution < -0.4 is 0 Å². The Kier molecular flexibility index (Phi) is 2.85. The predicted molar refractivity (Wildman–Crippen MR) is 49.7 cm³/mol. The predicted octanol–water partition coefficient (Wildman–Crippen LogP) is 0.583. The van der Waals surface area contributed by atoms with E-state index in [2.05, 4.69) is 11.3 Å². The molecule has 0 fully saturated rings. The Morgan fingerprint density at radius 2 is 1.93 bits per heavy atom. The van der Waals surface area contributed by atoms with Gasteiger partial charge in [-0.1, -0.05) is 6.58 Å². The largest absolute Gasteiger partial charge is 0.504 e. The van der Waals surface area contributed by atoms with E-state index in [0.717, 1.165) is 6.08 Å². The minimum Gasteiger partial charge on any atom is -0.504 e. The van der Waals surface area contributed by atoms with Crippen LogP contribution in [0.2, 0.25) is 0 Å². The summed E-state index contributed by atoms with van der Waals surface area (Å²) in [5.74, 6) is -3.39. The van der Waals surface area contributed by atoms with Crippen molar-refractivity contribution >= 4 is 17.5 Å². The van der Waals surface area contributed by atoms with E-state index >= 15 is 0 Å². The summed E-state index contributed by atoms with van der Waals surface area (Å²) in [7, 11) is 0. The summed E-state index contributed by atoms with van der Waals surface area (Å²) < 4.78 is 4.58. The van der Waals surface area contributed by atoms with Crippen LogP contribution in [0, 0.1) is 0 Å². The molecule has 78 valence electrons. The maximum Gasteiger partial charge on any atom is 0.338 e. The van der Waals surface area contributed by atoms with Gasteiger partial charge in [-0.05, 0) is 6.92 Å². The molecule has 0 aliphatic heterocycles. The molecule has 15 heavy (non-hydrogen) atoms. The summed E-state index contributed by atoms with van der Waals surface area (Å²) in [6.45, 7) is 4.72. The molecule has 0 spiro atoms. The molecular weight excluding hydrogens is 200 g/mol. The molecule has 0 aromatic heterocycles. The third kappa shape index (κ3) is 2.40. The van der Waals surface area contributed by atoms with Crippen molar-refractivity contribution in [3.63, 3.8) is 0 Å². The summed E-state index contributed by atoms with van der Waals surface area (Å²) in [5, 5.41) is 8.90. The fourth-order valence-corrected chi connectivity index (χ4v) is 0.797. The zero-order chi connectivity index (χ0) is 11.6. The maximum absolute atomic E-state index is 11.1. The van der Waals surface area contributed by atoms with Gasteiger partial charge in [-0.2, -0.15) is 0 Å². The van der Waals surface area contributed by atoms with Crippen LogP contribution in [0.3, 0.4) is 0 Å². The molecule has 0 saturated heterocycles. The first-order valence-electron chi connectivity index (χ1n) is 4.00. The Balaban J connectivity index is 2.86. The second-order valence-electron chi connectivity index (χ2n) is 2.94. The summed E-state index contributed by atoms with van der Waals surface area (Å²) in [4.78, 5) is 33.1. The smallest absolute Gasteiger partial charge is 0.338 e. The van der Waals surface area contributed by atoms with Crippen LogP contribution in [-0.4, -0.2) is 22.6 Å². The van der Waals surface area contributed by atoms with Crippen LogP contribution in [-0.2, 0) is 19.1 Å². The first-order valence-corrected chi connectivity index (χ1v) is 4.00. The van der Waals surface area contributed by atoms with Gasteiger partial charge in [0.2, 0.25) is 11.6 Å². The van der Waals surface area contributed by atoms with Gasteiger partial charge < -0.3 is 9.84 Å². The minimum absolute atomic E-state index is 0.106. The number of carbonyl (C=O) groups is 3. The standard InChI is InChI=1S/C10H8O5/c1-5(2)10(14)15-9-4-7(12)6(11)3-8(9)13/h3-4,11H,1H2,2H3. The number of allylic oxidation sites excluding steroid dienone is 2. The third-order valence-electron chi connectivity index (χ3n) is 1.58. The summed E-state index contributed by atoms with van der Waals surface area (Å²) in [6.07, 6.45) is 1.46. The lowest BCUT2D eigenvalue weighted by atomic mass is 10.1. The molecule has 0 atom stereocenters. The van der Waals surface area contributed by atoms with Crippen LogP contribution in [0.25, 0.3) is 0 Å². The summed E-state index contributed by atoms with van der Waals surface area (Å²) in [5.41, 5.74) is 0.106. The van der Waals surface area contributed by atoms with Crippen molar-refractivity contribution in [3.05, 3.63) is 35.8 Å². The molecule has 0 saturated carbocycles. The molecule has 1 rings (SSSR count). The average Bonchev–Trinajstić information content (AvgIpc) is 2.13. The van der Waals surface area contributed by atoms with Crippen molar-refractivity contribution < 1.29 is 24.2 Å². The van der Waals surface area contributed by atoms with E-state index in [-0.39, 0.29) is 5.57 Å². The van der Waals surface area contributed by atoms with Crippen molar-refractivity contribution in [2.75, 3.05) is 0 Å². The monoisotopic (exact) mass is 208 g/mol. The molecule has 5 heteroatoms. The third-order valence-corrected chi connectivity index (χ3v) is 1.58. The van der Waals surface area contributed by atoms with Crippen molar-refractivity contribution in [1.29, 1.82) is 0 Å². The molecule has 1 N–H and O–H groups in total. The zero-order valence-corrected chi connectivity index (χ0v) is 7.94. The fraction of sp³-hybridized carbons (Fsp3) is 0.100. The lowest BCUT2D eigenvalue weighted by molar-refractivity contribution is -0.138. The van der Waals surface area contributed by atoms with Crippen LogP contribution in [0.4, 0.5) is 0 Å². The van der Waals surface area contributed by atoms with Gasteiger partial charge >= 0.3 is 5.97 Å². The van der Waals surface area contributed by atoms with Gasteiger partial charge in [0.05, 0.1) is 0 Å². The van der Waals surface area contributed by atoms with E-state index in [1.807, 2.05) is 0 Å². The molecular formula is C10H8O5. The highest BCUT2D eigenvalue weighted by molar-refractivity contribution is 6.18. The van der Waals surface area contributed by atoms with Crippen LogP contribution >= 0.6 is 0 Å². The number of carbonyl (C=O) groups excluding carboxylic acids is 3. The number of ketones is 2. The minimum atomic E-state index is -0.794. The fourth-order valence-electron chi connectivity index (χ4n) is 0.797. The van der Waals surface area contributed by atoms with E-state index in [9.17, 15) is 14.4 Å². The maximum atomic E-state index is 11.1. The van der Waals surface area contributed by atoms with E-state index in [1.165, 1.54) is 6.92 Å². The van der Waals surface area contributed by atoms with Gasteiger partial charge in [-0.3, -0.25) is 9.59 Å². The number of esters is 1. The molecule has 5 nitrogen and oxygen atoms in total. The summed E-state index contributed by atoms with van der Waals surface area (Å²) in [6, 6.07) is 0. The zero-order valence-electron chi connectivity index (χ0n) is 7.94. The van der Waals surface area contributed by atoms with Gasteiger partial charge in [0.25, 0.3) is 0 Å². The molecule has 0 aromatic carbocycles. The Hall–Kier alpha value is -2.17. The Labute approximate surface area is 85.3 Å². The first-order chi connectivity index (χ1) is 6.91. The highest BCUT2D eigenvalue weighted by Gasteiger charge is 2.23. The molecule has 0 aromatic rings. The average molecular weight is 208 g/mol. The van der Waals surface area contributed by atoms with Gasteiger partial charge in [-0.25, -0.2) is 4.79 Å². The van der Waals surface area contributed by atoms with Gasteiger partial charge in [0.15, 0.2) is 11.5 Å². The van der Waals surface area contributed by atoms with E-state index in [4.69, 9.17) is 5.11 Å². The highest BCUT2D eigenvalue weighted by Crippen LogP contribution is 2.12. The number of aliphatic hydroxyl groups excluding tert-OH is 1. The number of hydrogen-bond donors (Lipinski definition) is 1. The second kappa shape index (κ2) is 3.91. The van der Waals surface area contributed by atoms with E-state index in [0.29, 0.717) is 6.08 Å². The number of aliphatic hydroxyl groups is 1. The first kappa shape index (κ1) is 10.9. The van der Waals surface area contributed by atoms with Gasteiger partial charge in [0, 0.05) is 17.7 Å². The van der Waals surface area contributed by atoms with Gasteiger partial charge in [0.1, 0.15) is 0 Å². The Morgan fingerprint density at radius 3 is 2.47 bits per heavy atom. The quantitative estimate of drug-likeness (QED) is 0.408. The SMILES string of the molecule is C=C(C)C(=O)OC1=CC(=O)C(O)=CC1=O. The molecule has 1 aliphatic carbocycles. The molecule has 0 bridgehead atoms. The van der Waals surface area contributed by atoms with Gasteiger partial charge in [-0.15, -0.1) is 0 Å². The highest BCUT2D eigenvalue weighted by atomic mass is 16.5. The number of rotatable bonds is 2. The number of hydrogen-bond acceptors (Lipinski definition) is 5. The summed E-state index contributed by atoms with van der Waals surface area (Å²) >= 11 is 0. The topological polar surface area (TPSA) is 80.7 Å². The normalized spacial score (nSPS) is 15.5. The van der Waals surface area contributed by atoms with Crippen molar-refractivity contribution in [2.45, 2.75) is 6.92 Å². The van der Waals surface area contributed by atoms with Crippen molar-refractivity contribution in [1.82, 2.24) is 0 Å². The molecule has 0 amide bonds. The van der Waals surface area contributed by atoms with Crippen LogP contribution in [0.15, 0.2) is 35.8 Å². The Morgan fingerprint density at radius 1 is 1.33 bits per heavy atom. The Bertz CT molecular complexity index is 425. The van der Waals surface area contributed by atoms with E-state index < -0.39 is 29.1 Å². The second-order valence-corrected chi connectivity index (χ2v) is 2.94. The molecule has 0 unspecified atom stereocenters. The molecule has 1 aliphatic rings. The lowest BCUT2D eigenvalue weighted by Gasteiger charge is -2.08. The molecule has 0 heterocycles. The van der Waals surface area contributed by atoms with Crippen LogP contribution in [0.5, 0.6) is 0 Å². The van der Waals surface area contributed by atoms with Crippen molar-refractivity contribution in [2.24, 2.45) is 0 Å².